The second kappa shape index (κ2) is 7.51. The molecule has 4 nitrogen and oxygen atoms in total. The molecule has 2 N–H and O–H groups in total. The van der Waals surface area contributed by atoms with Crippen LogP contribution < -0.4 is 10.6 Å². The Bertz CT molecular complexity index is 896. The Hall–Kier alpha value is -2.63. The second-order valence-corrected chi connectivity index (χ2v) is 6.05. The summed E-state index contributed by atoms with van der Waals surface area (Å²) in [5, 5.41) is 6.53. The molecular weight excluding hydrogens is 364 g/mol. The molecule has 0 aliphatic rings. The molecule has 1 amide bonds. The Labute approximate surface area is 153 Å². The monoisotopic (exact) mass is 375 g/mol. The topological polar surface area (TPSA) is 54.0 Å². The largest absolute Gasteiger partial charge is 0.354 e. The number of aromatic nitrogens is 1. The smallest absolute Gasteiger partial charge is 0.274 e. The van der Waals surface area contributed by atoms with Gasteiger partial charge in [-0.15, -0.1) is 0 Å². The summed E-state index contributed by atoms with van der Waals surface area (Å²) in [6.45, 7) is 0. The molecule has 7 heteroatoms. The summed E-state index contributed by atoms with van der Waals surface area (Å²) in [5.41, 5.74) is 1.92. The molecule has 0 saturated heterocycles. The summed E-state index contributed by atoms with van der Waals surface area (Å²) in [5.74, 6) is -0.732. The predicted molar refractivity (Wildman–Crippen MR) is 98.3 cm³/mol. The third-order valence-corrected chi connectivity index (χ3v) is 3.67. The van der Waals surface area contributed by atoms with Crippen LogP contribution in [0.2, 0.25) is 10.0 Å². The van der Waals surface area contributed by atoms with E-state index in [1.807, 2.05) is 0 Å². The van der Waals surface area contributed by atoms with Crippen molar-refractivity contribution in [2.45, 2.75) is 0 Å². The van der Waals surface area contributed by atoms with E-state index >= 15 is 0 Å². The number of amides is 1. The molecule has 1 heterocycles. The van der Waals surface area contributed by atoms with Gasteiger partial charge in [-0.1, -0.05) is 29.3 Å². The summed E-state index contributed by atoms with van der Waals surface area (Å²) < 4.78 is 13.2. The minimum absolute atomic E-state index is 0.223. The van der Waals surface area contributed by atoms with Crippen LogP contribution in [0.3, 0.4) is 0 Å². The van der Waals surface area contributed by atoms with E-state index in [2.05, 4.69) is 15.6 Å². The minimum Gasteiger partial charge on any atom is -0.354 e. The second-order valence-electron chi connectivity index (χ2n) is 5.18. The molecule has 3 rings (SSSR count). The van der Waals surface area contributed by atoms with Gasteiger partial charge in [0.2, 0.25) is 0 Å². The normalized spacial score (nSPS) is 10.4. The van der Waals surface area contributed by atoms with E-state index in [0.717, 1.165) is 0 Å². The fourth-order valence-corrected chi connectivity index (χ4v) is 2.68. The summed E-state index contributed by atoms with van der Waals surface area (Å²) in [4.78, 5) is 16.3. The number of nitrogens with one attached hydrogen (secondary N) is 2. The van der Waals surface area contributed by atoms with Crippen LogP contribution in [0.4, 0.5) is 21.5 Å². The van der Waals surface area contributed by atoms with Crippen LogP contribution >= 0.6 is 23.2 Å². The van der Waals surface area contributed by atoms with Gasteiger partial charge in [-0.3, -0.25) is 4.79 Å². The number of carbonyl (C=O) groups excluding carboxylic acids is 1. The zero-order valence-electron chi connectivity index (χ0n) is 12.8. The lowest BCUT2D eigenvalue weighted by molar-refractivity contribution is 0.102. The molecule has 2 aromatic carbocycles. The van der Waals surface area contributed by atoms with Crippen LogP contribution in [-0.4, -0.2) is 10.9 Å². The van der Waals surface area contributed by atoms with Crippen LogP contribution in [0.15, 0.2) is 60.8 Å². The van der Waals surface area contributed by atoms with Gasteiger partial charge < -0.3 is 10.6 Å². The lowest BCUT2D eigenvalue weighted by Crippen LogP contribution is -2.13. The zero-order valence-corrected chi connectivity index (χ0v) is 14.3. The molecule has 1 aromatic heterocycles. The third-order valence-electron chi connectivity index (χ3n) is 3.23. The van der Waals surface area contributed by atoms with Gasteiger partial charge in [0.15, 0.2) is 0 Å². The van der Waals surface area contributed by atoms with Gasteiger partial charge >= 0.3 is 0 Å². The van der Waals surface area contributed by atoms with Gasteiger partial charge in [-0.25, -0.2) is 9.37 Å². The van der Waals surface area contributed by atoms with E-state index in [0.29, 0.717) is 27.1 Å². The Morgan fingerprint density at radius 3 is 2.32 bits per heavy atom. The molecule has 0 unspecified atom stereocenters. The Balaban J connectivity index is 1.70. The summed E-state index contributed by atoms with van der Waals surface area (Å²) >= 11 is 11.8. The SMILES string of the molecule is O=C(Nc1cc(Cl)cc(Cl)c1)c1ccc(Nc2cccc(F)c2)cn1. The van der Waals surface area contributed by atoms with E-state index in [4.69, 9.17) is 23.2 Å². The fraction of sp³-hybridized carbons (Fsp3) is 0. The molecule has 0 radical (unpaired) electrons. The van der Waals surface area contributed by atoms with Crippen molar-refractivity contribution < 1.29 is 9.18 Å². The molecule has 25 heavy (non-hydrogen) atoms. The summed E-state index contributed by atoms with van der Waals surface area (Å²) in [6, 6.07) is 14.0. The van der Waals surface area contributed by atoms with Gasteiger partial charge in [0.05, 0.1) is 11.9 Å². The van der Waals surface area contributed by atoms with Crippen LogP contribution in [0.25, 0.3) is 0 Å². The first-order valence-corrected chi connectivity index (χ1v) is 8.01. The molecule has 0 aliphatic carbocycles. The van der Waals surface area contributed by atoms with E-state index in [1.54, 1.807) is 42.5 Å². The number of carbonyl (C=O) groups is 1. The van der Waals surface area contributed by atoms with Crippen molar-refractivity contribution in [3.8, 4) is 0 Å². The Morgan fingerprint density at radius 2 is 1.68 bits per heavy atom. The molecule has 126 valence electrons. The van der Waals surface area contributed by atoms with E-state index in [9.17, 15) is 9.18 Å². The first-order valence-electron chi connectivity index (χ1n) is 7.26. The number of hydrogen-bond acceptors (Lipinski definition) is 3. The van der Waals surface area contributed by atoms with Crippen molar-refractivity contribution >= 4 is 46.2 Å². The minimum atomic E-state index is -0.393. The summed E-state index contributed by atoms with van der Waals surface area (Å²) in [7, 11) is 0. The first-order chi connectivity index (χ1) is 12.0. The zero-order chi connectivity index (χ0) is 17.8. The number of rotatable bonds is 4. The third kappa shape index (κ3) is 4.68. The van der Waals surface area contributed by atoms with E-state index < -0.39 is 5.91 Å². The highest BCUT2D eigenvalue weighted by molar-refractivity contribution is 6.35. The van der Waals surface area contributed by atoms with Crippen LogP contribution in [-0.2, 0) is 0 Å². The average molecular weight is 376 g/mol. The Morgan fingerprint density at radius 1 is 0.920 bits per heavy atom. The van der Waals surface area contributed by atoms with Crippen LogP contribution in [0.1, 0.15) is 10.5 Å². The molecule has 0 atom stereocenters. The van der Waals surface area contributed by atoms with Crippen molar-refractivity contribution in [1.29, 1.82) is 0 Å². The van der Waals surface area contributed by atoms with E-state index in [-0.39, 0.29) is 11.5 Å². The van der Waals surface area contributed by atoms with Crippen LogP contribution in [0, 0.1) is 5.82 Å². The quantitative estimate of drug-likeness (QED) is 0.630. The van der Waals surface area contributed by atoms with Gasteiger partial charge in [-0.05, 0) is 48.5 Å². The van der Waals surface area contributed by atoms with Gasteiger partial charge in [0.25, 0.3) is 5.91 Å². The number of pyridine rings is 1. The van der Waals surface area contributed by atoms with Crippen molar-refractivity contribution in [2.75, 3.05) is 10.6 Å². The lowest BCUT2D eigenvalue weighted by atomic mass is 10.2. The van der Waals surface area contributed by atoms with Crippen molar-refractivity contribution in [2.24, 2.45) is 0 Å². The number of anilines is 3. The lowest BCUT2D eigenvalue weighted by Gasteiger charge is -2.08. The highest BCUT2D eigenvalue weighted by Gasteiger charge is 2.09. The molecule has 0 bridgehead atoms. The van der Waals surface area contributed by atoms with Crippen LogP contribution in [0.5, 0.6) is 0 Å². The maximum Gasteiger partial charge on any atom is 0.274 e. The fourth-order valence-electron chi connectivity index (χ4n) is 2.16. The molecule has 0 saturated carbocycles. The van der Waals surface area contributed by atoms with Gasteiger partial charge in [-0.2, -0.15) is 0 Å². The van der Waals surface area contributed by atoms with Gasteiger partial charge in [0.1, 0.15) is 11.5 Å². The number of halogens is 3. The molecular formula is C18H12Cl2FN3O. The van der Waals surface area contributed by atoms with Crippen molar-refractivity contribution in [3.63, 3.8) is 0 Å². The standard InChI is InChI=1S/C18H12Cl2FN3O/c19-11-6-12(20)8-16(7-11)24-18(25)17-5-4-15(10-22-17)23-14-3-1-2-13(21)9-14/h1-10,23H,(H,24,25). The van der Waals surface area contributed by atoms with E-state index in [1.165, 1.54) is 18.3 Å². The number of nitrogens with zero attached hydrogens (tertiary/aromatic N) is 1. The highest BCUT2D eigenvalue weighted by atomic mass is 35.5. The maximum absolute atomic E-state index is 13.2. The molecule has 0 spiro atoms. The predicted octanol–water partition coefficient (Wildman–Crippen LogP) is 5.52. The number of benzene rings is 2. The number of hydrogen-bond donors (Lipinski definition) is 2. The van der Waals surface area contributed by atoms with Crippen molar-refractivity contribution in [3.05, 3.63) is 82.4 Å². The Kier molecular flexibility index (Phi) is 5.16. The first kappa shape index (κ1) is 17.2. The average Bonchev–Trinajstić information content (AvgIpc) is 2.54. The van der Waals surface area contributed by atoms with Gasteiger partial charge in [0, 0.05) is 21.4 Å². The molecule has 0 fully saturated rings. The molecule has 3 aromatic rings. The highest BCUT2D eigenvalue weighted by Crippen LogP contribution is 2.23. The molecule has 0 aliphatic heterocycles. The maximum atomic E-state index is 13.2. The summed E-state index contributed by atoms with van der Waals surface area (Å²) in [6.07, 6.45) is 1.49. The van der Waals surface area contributed by atoms with Crippen molar-refractivity contribution in [1.82, 2.24) is 4.98 Å².